The molecule has 0 spiro atoms. The van der Waals surface area contributed by atoms with Gasteiger partial charge >= 0.3 is 6.18 Å². The number of aromatic nitrogens is 1. The maximum absolute atomic E-state index is 12.8. The van der Waals surface area contributed by atoms with Crippen LogP contribution in [0.5, 0.6) is 0 Å². The normalized spacial score (nSPS) is 11.6. The first-order chi connectivity index (χ1) is 11.4. The lowest BCUT2D eigenvalue weighted by molar-refractivity contribution is -0.137. The number of hydrogen-bond donors (Lipinski definition) is 2. The van der Waals surface area contributed by atoms with E-state index in [1.165, 1.54) is 6.07 Å². The van der Waals surface area contributed by atoms with Gasteiger partial charge in [0.2, 0.25) is 5.91 Å². The Kier molecular flexibility index (Phi) is 4.29. The molecule has 0 fully saturated rings. The van der Waals surface area contributed by atoms with Gasteiger partial charge < -0.3 is 10.3 Å². The van der Waals surface area contributed by atoms with Crippen molar-refractivity contribution in [2.45, 2.75) is 19.1 Å². The summed E-state index contributed by atoms with van der Waals surface area (Å²) in [5, 5.41) is 3.19. The Morgan fingerprint density at radius 2 is 1.83 bits per heavy atom. The number of hydrogen-bond acceptors (Lipinski definition) is 1. The van der Waals surface area contributed by atoms with E-state index in [1.54, 1.807) is 6.20 Å². The Hall–Kier alpha value is -2.76. The number of carbonyl (C=O) groups excluding carboxylic acids is 1. The molecule has 0 aliphatic carbocycles. The van der Waals surface area contributed by atoms with E-state index in [1.807, 2.05) is 30.3 Å². The van der Waals surface area contributed by atoms with E-state index in [4.69, 9.17) is 0 Å². The molecule has 6 heteroatoms. The van der Waals surface area contributed by atoms with Gasteiger partial charge in [-0.3, -0.25) is 4.79 Å². The van der Waals surface area contributed by atoms with Gasteiger partial charge in [-0.2, -0.15) is 13.2 Å². The molecule has 1 amide bonds. The minimum atomic E-state index is -4.40. The summed E-state index contributed by atoms with van der Waals surface area (Å²) in [5.74, 6) is -0.239. The van der Waals surface area contributed by atoms with E-state index in [-0.39, 0.29) is 12.3 Å². The van der Waals surface area contributed by atoms with E-state index in [0.717, 1.165) is 17.7 Å². The van der Waals surface area contributed by atoms with Crippen LogP contribution in [-0.2, 0) is 23.9 Å². The first kappa shape index (κ1) is 16.1. The van der Waals surface area contributed by atoms with Crippen molar-refractivity contribution in [3.8, 4) is 0 Å². The van der Waals surface area contributed by atoms with Gasteiger partial charge in [-0.05, 0) is 29.3 Å². The zero-order valence-corrected chi connectivity index (χ0v) is 12.7. The van der Waals surface area contributed by atoms with E-state index in [0.29, 0.717) is 23.0 Å². The molecule has 3 aromatic rings. The van der Waals surface area contributed by atoms with Crippen molar-refractivity contribution in [2.24, 2.45) is 0 Å². The molecule has 124 valence electrons. The zero-order valence-electron chi connectivity index (χ0n) is 12.7. The van der Waals surface area contributed by atoms with Gasteiger partial charge in [-0.15, -0.1) is 0 Å². The summed E-state index contributed by atoms with van der Waals surface area (Å²) in [6, 6.07) is 12.9. The van der Waals surface area contributed by atoms with Gasteiger partial charge in [-0.25, -0.2) is 0 Å². The summed E-state index contributed by atoms with van der Waals surface area (Å²) < 4.78 is 38.5. The molecular formula is C18H15F3N2O. The molecule has 24 heavy (non-hydrogen) atoms. The molecule has 2 N–H and O–H groups in total. The van der Waals surface area contributed by atoms with Crippen LogP contribution in [0.2, 0.25) is 0 Å². The van der Waals surface area contributed by atoms with Crippen LogP contribution >= 0.6 is 0 Å². The van der Waals surface area contributed by atoms with Crippen molar-refractivity contribution in [1.29, 1.82) is 0 Å². The molecule has 2 aromatic carbocycles. The predicted molar refractivity (Wildman–Crippen MR) is 85.3 cm³/mol. The van der Waals surface area contributed by atoms with Crippen LogP contribution < -0.4 is 5.32 Å². The van der Waals surface area contributed by atoms with Crippen LogP contribution in [0.1, 0.15) is 16.7 Å². The fourth-order valence-corrected chi connectivity index (χ4v) is 2.53. The summed E-state index contributed by atoms with van der Waals surface area (Å²) in [5.41, 5.74) is 1.36. The number of fused-ring (bicyclic) bond motifs is 1. The van der Waals surface area contributed by atoms with Crippen LogP contribution in [0.3, 0.4) is 0 Å². The third-order valence-corrected chi connectivity index (χ3v) is 3.78. The van der Waals surface area contributed by atoms with Gasteiger partial charge in [0.1, 0.15) is 0 Å². The van der Waals surface area contributed by atoms with E-state index in [9.17, 15) is 18.0 Å². The Bertz CT molecular complexity index is 854. The molecule has 3 nitrogen and oxygen atoms in total. The highest BCUT2D eigenvalue weighted by Gasteiger charge is 2.30. The molecule has 0 radical (unpaired) electrons. The molecule has 0 aliphatic heterocycles. The van der Waals surface area contributed by atoms with Crippen molar-refractivity contribution in [1.82, 2.24) is 10.3 Å². The van der Waals surface area contributed by atoms with Crippen molar-refractivity contribution in [3.05, 3.63) is 71.4 Å². The summed E-state index contributed by atoms with van der Waals surface area (Å²) in [6.07, 6.45) is -2.81. The highest BCUT2D eigenvalue weighted by molar-refractivity contribution is 5.89. The average molecular weight is 332 g/mol. The van der Waals surface area contributed by atoms with Crippen LogP contribution in [0.4, 0.5) is 13.2 Å². The van der Waals surface area contributed by atoms with Gasteiger partial charge in [-0.1, -0.05) is 30.3 Å². The molecule has 0 unspecified atom stereocenters. The molecule has 1 heterocycles. The Morgan fingerprint density at radius 1 is 1.08 bits per heavy atom. The van der Waals surface area contributed by atoms with Gasteiger partial charge in [0.15, 0.2) is 0 Å². The molecule has 0 bridgehead atoms. The number of nitrogens with one attached hydrogen (secondary N) is 2. The number of H-pyrrole nitrogens is 1. The first-order valence-electron chi connectivity index (χ1n) is 7.41. The van der Waals surface area contributed by atoms with Crippen molar-refractivity contribution < 1.29 is 18.0 Å². The highest BCUT2D eigenvalue weighted by atomic mass is 19.4. The number of halogens is 3. The zero-order chi connectivity index (χ0) is 17.2. The first-order valence-corrected chi connectivity index (χ1v) is 7.41. The lowest BCUT2D eigenvalue weighted by Gasteiger charge is -2.07. The summed E-state index contributed by atoms with van der Waals surface area (Å²) in [6.45, 7) is 0.385. The predicted octanol–water partition coefficient (Wildman–Crippen LogP) is 4.05. The maximum atomic E-state index is 12.8. The van der Waals surface area contributed by atoms with E-state index < -0.39 is 11.7 Å². The monoisotopic (exact) mass is 332 g/mol. The van der Waals surface area contributed by atoms with Crippen LogP contribution in [0.15, 0.2) is 54.7 Å². The minimum Gasteiger partial charge on any atom is -0.361 e. The van der Waals surface area contributed by atoms with Crippen LogP contribution in [0.25, 0.3) is 10.9 Å². The minimum absolute atomic E-state index is 0.0220. The molecule has 0 saturated carbocycles. The topological polar surface area (TPSA) is 44.9 Å². The third kappa shape index (κ3) is 3.59. The molecular weight excluding hydrogens is 317 g/mol. The largest absolute Gasteiger partial charge is 0.416 e. The van der Waals surface area contributed by atoms with Gasteiger partial charge in [0, 0.05) is 23.6 Å². The van der Waals surface area contributed by atoms with Crippen molar-refractivity contribution in [2.75, 3.05) is 0 Å². The second-order valence-electron chi connectivity index (χ2n) is 5.51. The second-order valence-corrected chi connectivity index (χ2v) is 5.51. The van der Waals surface area contributed by atoms with Gasteiger partial charge in [0.25, 0.3) is 0 Å². The molecule has 3 rings (SSSR count). The fraction of sp³-hybridized carbons (Fsp3) is 0.167. The van der Waals surface area contributed by atoms with Crippen LogP contribution in [0, 0.1) is 0 Å². The number of amides is 1. The van der Waals surface area contributed by atoms with Crippen LogP contribution in [-0.4, -0.2) is 10.9 Å². The Morgan fingerprint density at radius 3 is 2.54 bits per heavy atom. The quantitative estimate of drug-likeness (QED) is 0.744. The Balaban J connectivity index is 1.73. The molecule has 0 atom stereocenters. The summed E-state index contributed by atoms with van der Waals surface area (Å²) in [7, 11) is 0. The number of benzene rings is 2. The number of alkyl halides is 3. The highest BCUT2D eigenvalue weighted by Crippen LogP contribution is 2.32. The standard InChI is InChI=1S/C18H15F3N2O/c19-18(20,21)14-6-7-16-15(9-14)13(11-22-16)8-17(24)23-10-12-4-2-1-3-5-12/h1-7,9,11,22H,8,10H2,(H,23,24). The summed E-state index contributed by atoms with van der Waals surface area (Å²) in [4.78, 5) is 15.0. The lowest BCUT2D eigenvalue weighted by atomic mass is 10.1. The molecule has 1 aromatic heterocycles. The number of aromatic amines is 1. The fourth-order valence-electron chi connectivity index (χ4n) is 2.53. The number of carbonyl (C=O) groups is 1. The lowest BCUT2D eigenvalue weighted by Crippen LogP contribution is -2.24. The Labute approximate surface area is 136 Å². The third-order valence-electron chi connectivity index (χ3n) is 3.78. The van der Waals surface area contributed by atoms with Gasteiger partial charge in [0.05, 0.1) is 12.0 Å². The molecule has 0 saturated heterocycles. The maximum Gasteiger partial charge on any atom is 0.416 e. The van der Waals surface area contributed by atoms with Crippen molar-refractivity contribution >= 4 is 16.8 Å². The smallest absolute Gasteiger partial charge is 0.361 e. The SMILES string of the molecule is O=C(Cc1c[nH]c2ccc(C(F)(F)F)cc12)NCc1ccccc1. The second kappa shape index (κ2) is 6.39. The summed E-state index contributed by atoms with van der Waals surface area (Å²) >= 11 is 0. The molecule has 0 aliphatic rings. The average Bonchev–Trinajstić information content (AvgIpc) is 2.95. The van der Waals surface area contributed by atoms with E-state index in [2.05, 4.69) is 10.3 Å². The van der Waals surface area contributed by atoms with E-state index >= 15 is 0 Å². The van der Waals surface area contributed by atoms with Crippen molar-refractivity contribution in [3.63, 3.8) is 0 Å². The number of rotatable bonds is 4.